The maximum Gasteiger partial charge on any atom is 0.134 e. The van der Waals surface area contributed by atoms with Crippen LogP contribution >= 0.6 is 0 Å². The molecule has 1 fully saturated rings. The Balaban J connectivity index is 2.04. The van der Waals surface area contributed by atoms with Crippen LogP contribution in [0.25, 0.3) is 0 Å². The zero-order valence-corrected chi connectivity index (χ0v) is 6.93. The lowest BCUT2D eigenvalue weighted by atomic mass is 10.2. The monoisotopic (exact) mass is 157 g/mol. The van der Waals surface area contributed by atoms with Gasteiger partial charge >= 0.3 is 0 Å². The molecular weight excluding hydrogens is 142 g/mol. The number of hydrogen-bond acceptors (Lipinski definition) is 3. The van der Waals surface area contributed by atoms with Gasteiger partial charge in [0.25, 0.3) is 0 Å². The maximum absolute atomic E-state index is 10.8. The van der Waals surface area contributed by atoms with Gasteiger partial charge in [0.2, 0.25) is 0 Å². The molecule has 11 heavy (non-hydrogen) atoms. The summed E-state index contributed by atoms with van der Waals surface area (Å²) in [6.45, 7) is 1.58. The maximum atomic E-state index is 10.8. The molecule has 1 N–H and O–H groups in total. The molecule has 0 saturated heterocycles. The van der Waals surface area contributed by atoms with Crippen molar-refractivity contribution in [2.24, 2.45) is 0 Å². The summed E-state index contributed by atoms with van der Waals surface area (Å²) < 4.78 is 4.88. The first-order chi connectivity index (χ1) is 5.33. The number of carbonyl (C=O) groups excluding carboxylic acids is 1. The molecule has 1 aliphatic carbocycles. The molecule has 0 aliphatic heterocycles. The van der Waals surface area contributed by atoms with E-state index in [2.05, 4.69) is 5.32 Å². The molecule has 1 saturated carbocycles. The van der Waals surface area contributed by atoms with Gasteiger partial charge in [-0.3, -0.25) is 4.79 Å². The summed E-state index contributed by atoms with van der Waals surface area (Å²) in [5.74, 6) is 0.389. The highest BCUT2D eigenvalue weighted by molar-refractivity contribution is 5.81. The Kier molecular flexibility index (Phi) is 3.52. The Morgan fingerprint density at radius 1 is 1.73 bits per heavy atom. The van der Waals surface area contributed by atoms with E-state index < -0.39 is 0 Å². The second kappa shape index (κ2) is 4.46. The lowest BCUT2D eigenvalue weighted by molar-refractivity contribution is -0.117. The number of nitrogens with one attached hydrogen (secondary N) is 1. The first kappa shape index (κ1) is 8.68. The molecule has 0 aromatic heterocycles. The number of carbonyl (C=O) groups is 1. The Bertz CT molecular complexity index is 136. The molecule has 0 amide bonds. The van der Waals surface area contributed by atoms with Crippen LogP contribution in [0.4, 0.5) is 0 Å². The van der Waals surface area contributed by atoms with E-state index in [1.807, 2.05) is 0 Å². The molecule has 0 aromatic rings. The van der Waals surface area contributed by atoms with E-state index in [9.17, 15) is 4.79 Å². The van der Waals surface area contributed by atoms with Gasteiger partial charge in [-0.15, -0.1) is 0 Å². The van der Waals surface area contributed by atoms with Gasteiger partial charge in [0.15, 0.2) is 0 Å². The second-order valence-corrected chi connectivity index (χ2v) is 2.93. The average Bonchev–Trinajstić information content (AvgIpc) is 2.37. The van der Waals surface area contributed by atoms with Crippen molar-refractivity contribution in [1.29, 1.82) is 0 Å². The second-order valence-electron chi connectivity index (χ2n) is 2.93. The van der Waals surface area contributed by atoms with Crippen molar-refractivity contribution in [3.05, 3.63) is 0 Å². The molecule has 1 atom stereocenters. The first-order valence-corrected chi connectivity index (χ1v) is 4.07. The van der Waals surface area contributed by atoms with Crippen molar-refractivity contribution in [1.82, 2.24) is 5.32 Å². The summed E-state index contributed by atoms with van der Waals surface area (Å²) in [5, 5.41) is 3.27. The molecule has 1 aliphatic rings. The van der Waals surface area contributed by atoms with Gasteiger partial charge in [-0.2, -0.15) is 0 Å². The van der Waals surface area contributed by atoms with Gasteiger partial charge in [-0.1, -0.05) is 0 Å². The highest BCUT2D eigenvalue weighted by Gasteiger charge is 2.20. The molecule has 0 spiro atoms. The fraction of sp³-hybridized carbons (Fsp3) is 0.875. The summed E-state index contributed by atoms with van der Waals surface area (Å²) >= 11 is 0. The van der Waals surface area contributed by atoms with E-state index in [1.165, 1.54) is 0 Å². The summed E-state index contributed by atoms with van der Waals surface area (Å²) in [4.78, 5) is 10.8. The number of ketones is 1. The van der Waals surface area contributed by atoms with Crippen molar-refractivity contribution >= 4 is 5.78 Å². The van der Waals surface area contributed by atoms with Crippen LogP contribution in [0.5, 0.6) is 0 Å². The van der Waals surface area contributed by atoms with Gasteiger partial charge in [-0.05, 0) is 6.42 Å². The average molecular weight is 157 g/mol. The number of rotatable bonds is 4. The van der Waals surface area contributed by atoms with Gasteiger partial charge in [0, 0.05) is 32.5 Å². The predicted octanol–water partition coefficient (Wildman–Crippen LogP) is 0.344. The molecule has 0 radical (unpaired) electrons. The van der Waals surface area contributed by atoms with E-state index in [0.29, 0.717) is 18.2 Å². The minimum Gasteiger partial charge on any atom is -0.383 e. The van der Waals surface area contributed by atoms with E-state index in [0.717, 1.165) is 26.0 Å². The molecule has 0 heterocycles. The summed E-state index contributed by atoms with van der Waals surface area (Å²) in [5.41, 5.74) is 0. The highest BCUT2D eigenvalue weighted by atomic mass is 16.5. The number of ether oxygens (including phenoxy) is 1. The summed E-state index contributed by atoms with van der Waals surface area (Å²) in [6, 6.07) is 0.414. The van der Waals surface area contributed by atoms with Crippen molar-refractivity contribution in [2.75, 3.05) is 20.3 Å². The third kappa shape index (κ3) is 2.99. The third-order valence-corrected chi connectivity index (χ3v) is 1.98. The molecule has 1 unspecified atom stereocenters. The van der Waals surface area contributed by atoms with Crippen LogP contribution in [0.3, 0.4) is 0 Å². The van der Waals surface area contributed by atoms with Crippen LogP contribution in [0.1, 0.15) is 19.3 Å². The lowest BCUT2D eigenvalue weighted by Crippen LogP contribution is -2.29. The smallest absolute Gasteiger partial charge is 0.134 e. The van der Waals surface area contributed by atoms with Crippen LogP contribution in [-0.4, -0.2) is 32.1 Å². The van der Waals surface area contributed by atoms with Gasteiger partial charge < -0.3 is 10.1 Å². The Labute approximate surface area is 67.1 Å². The van der Waals surface area contributed by atoms with E-state index >= 15 is 0 Å². The van der Waals surface area contributed by atoms with Crippen LogP contribution in [-0.2, 0) is 9.53 Å². The fourth-order valence-electron chi connectivity index (χ4n) is 1.35. The quantitative estimate of drug-likeness (QED) is 0.598. The van der Waals surface area contributed by atoms with Gasteiger partial charge in [0.1, 0.15) is 5.78 Å². The topological polar surface area (TPSA) is 38.3 Å². The molecule has 3 heteroatoms. The summed E-state index contributed by atoms with van der Waals surface area (Å²) in [7, 11) is 1.68. The SMILES string of the molecule is COCCNC1CCC(=O)C1. The number of Topliss-reactive ketones (excluding diaryl/α,β-unsaturated/α-hetero) is 1. The van der Waals surface area contributed by atoms with E-state index in [4.69, 9.17) is 4.74 Å². The predicted molar refractivity (Wildman–Crippen MR) is 42.5 cm³/mol. The number of methoxy groups -OCH3 is 1. The largest absolute Gasteiger partial charge is 0.383 e. The highest BCUT2D eigenvalue weighted by Crippen LogP contribution is 2.13. The van der Waals surface area contributed by atoms with Crippen molar-refractivity contribution in [3.63, 3.8) is 0 Å². The Morgan fingerprint density at radius 2 is 2.55 bits per heavy atom. The molecular formula is C8H15NO2. The zero-order valence-electron chi connectivity index (χ0n) is 6.93. The standard InChI is InChI=1S/C8H15NO2/c1-11-5-4-9-7-2-3-8(10)6-7/h7,9H,2-6H2,1H3. The van der Waals surface area contributed by atoms with Crippen LogP contribution < -0.4 is 5.32 Å². The van der Waals surface area contributed by atoms with Crippen LogP contribution in [0, 0.1) is 0 Å². The van der Waals surface area contributed by atoms with Crippen LogP contribution in [0.2, 0.25) is 0 Å². The minimum atomic E-state index is 0.389. The molecule has 64 valence electrons. The number of hydrogen-bond donors (Lipinski definition) is 1. The molecule has 3 nitrogen and oxygen atoms in total. The van der Waals surface area contributed by atoms with Crippen molar-refractivity contribution in [2.45, 2.75) is 25.3 Å². The lowest BCUT2D eigenvalue weighted by Gasteiger charge is -2.09. The molecule has 0 aromatic carbocycles. The van der Waals surface area contributed by atoms with Crippen LogP contribution in [0.15, 0.2) is 0 Å². The Hall–Kier alpha value is -0.410. The first-order valence-electron chi connectivity index (χ1n) is 4.07. The van der Waals surface area contributed by atoms with Gasteiger partial charge in [0.05, 0.1) is 6.61 Å². The van der Waals surface area contributed by atoms with E-state index in [-0.39, 0.29) is 0 Å². The van der Waals surface area contributed by atoms with E-state index in [1.54, 1.807) is 7.11 Å². The van der Waals surface area contributed by atoms with Crippen molar-refractivity contribution < 1.29 is 9.53 Å². The van der Waals surface area contributed by atoms with Crippen molar-refractivity contribution in [3.8, 4) is 0 Å². The molecule has 1 rings (SSSR count). The molecule has 0 bridgehead atoms. The summed E-state index contributed by atoms with van der Waals surface area (Å²) in [6.07, 6.45) is 2.47. The minimum absolute atomic E-state index is 0.389. The fourth-order valence-corrected chi connectivity index (χ4v) is 1.35. The Morgan fingerprint density at radius 3 is 3.09 bits per heavy atom. The normalized spacial score (nSPS) is 24.5. The van der Waals surface area contributed by atoms with Gasteiger partial charge in [-0.25, -0.2) is 0 Å². The zero-order chi connectivity index (χ0) is 8.10. The third-order valence-electron chi connectivity index (χ3n) is 1.98.